The zero-order valence-corrected chi connectivity index (χ0v) is 13.7. The van der Waals surface area contributed by atoms with E-state index in [4.69, 9.17) is 9.47 Å². The predicted molar refractivity (Wildman–Crippen MR) is 84.5 cm³/mol. The Morgan fingerprint density at radius 3 is 3.05 bits per heavy atom. The molecule has 4 fully saturated rings. The number of hydrogen-bond acceptors (Lipinski definition) is 3. The van der Waals surface area contributed by atoms with Crippen molar-refractivity contribution in [2.24, 2.45) is 23.7 Å². The minimum atomic E-state index is -0.327. The molecule has 4 aliphatic rings. The van der Waals surface area contributed by atoms with Crippen LogP contribution in [-0.2, 0) is 9.47 Å². The summed E-state index contributed by atoms with van der Waals surface area (Å²) in [5.74, 6) is 2.74. The highest BCUT2D eigenvalue weighted by molar-refractivity contribution is 9.10. The number of halogens is 1. The third-order valence-corrected chi connectivity index (χ3v) is 6.50. The van der Waals surface area contributed by atoms with Crippen LogP contribution in [0.1, 0.15) is 19.3 Å². The van der Waals surface area contributed by atoms with E-state index in [2.05, 4.69) is 21.2 Å². The van der Waals surface area contributed by atoms with Gasteiger partial charge in [-0.05, 0) is 61.1 Å². The Kier molecular flexibility index (Phi) is 2.87. The standard InChI is InChI=1S/C17H18BrNO3/c18-9-2-1-3-10(6-9)19-17(20)22-13-5-8-4-11(13)12-7-14-16(21-14)15(8)12/h1-3,6,8,11-16H,4-5,7H2,(H,19,20)/t8-,11+,12+,13-,14+,15+,16-/m0/s1. The summed E-state index contributed by atoms with van der Waals surface area (Å²) in [6.07, 6.45) is 4.25. The third-order valence-electron chi connectivity index (χ3n) is 6.01. The van der Waals surface area contributed by atoms with Crippen molar-refractivity contribution in [2.75, 3.05) is 5.32 Å². The van der Waals surface area contributed by atoms with Crippen molar-refractivity contribution in [1.82, 2.24) is 0 Å². The quantitative estimate of drug-likeness (QED) is 0.812. The van der Waals surface area contributed by atoms with Gasteiger partial charge in [-0.1, -0.05) is 22.0 Å². The molecule has 0 spiro atoms. The lowest BCUT2D eigenvalue weighted by Gasteiger charge is -2.32. The number of benzene rings is 1. The number of epoxide rings is 1. The second-order valence-corrected chi connectivity index (χ2v) is 8.01. The Morgan fingerprint density at radius 2 is 2.18 bits per heavy atom. The minimum Gasteiger partial charge on any atom is -0.446 e. The highest BCUT2D eigenvalue weighted by Crippen LogP contribution is 2.64. The molecule has 0 radical (unpaired) electrons. The summed E-state index contributed by atoms with van der Waals surface area (Å²) in [4.78, 5) is 12.1. The van der Waals surface area contributed by atoms with Crippen LogP contribution in [0.4, 0.5) is 10.5 Å². The Balaban J connectivity index is 1.23. The number of hydrogen-bond donors (Lipinski definition) is 1. The average molecular weight is 364 g/mol. The minimum absolute atomic E-state index is 0.0934. The number of ether oxygens (including phenoxy) is 2. The summed E-state index contributed by atoms with van der Waals surface area (Å²) in [7, 11) is 0. The van der Waals surface area contributed by atoms with E-state index in [0.717, 1.165) is 28.4 Å². The molecule has 1 aliphatic heterocycles. The molecule has 5 heteroatoms. The lowest BCUT2D eigenvalue weighted by Crippen LogP contribution is -2.35. The summed E-state index contributed by atoms with van der Waals surface area (Å²) >= 11 is 3.40. The summed E-state index contributed by atoms with van der Waals surface area (Å²) in [5, 5.41) is 2.83. The topological polar surface area (TPSA) is 50.9 Å². The van der Waals surface area contributed by atoms with E-state index in [1.807, 2.05) is 24.3 Å². The van der Waals surface area contributed by atoms with Gasteiger partial charge in [0.05, 0.1) is 12.2 Å². The Hall–Kier alpha value is -1.07. The molecule has 2 bridgehead atoms. The van der Waals surface area contributed by atoms with Crippen LogP contribution in [0, 0.1) is 23.7 Å². The van der Waals surface area contributed by atoms with Gasteiger partial charge in [0.2, 0.25) is 0 Å². The number of fused-ring (bicyclic) bond motifs is 7. The number of anilines is 1. The van der Waals surface area contributed by atoms with Crippen LogP contribution in [0.25, 0.3) is 0 Å². The molecule has 1 N–H and O–H groups in total. The molecule has 4 nitrogen and oxygen atoms in total. The van der Waals surface area contributed by atoms with Crippen molar-refractivity contribution in [3.63, 3.8) is 0 Å². The summed E-state index contributed by atoms with van der Waals surface area (Å²) in [5.41, 5.74) is 0.760. The van der Waals surface area contributed by atoms with Gasteiger partial charge >= 0.3 is 6.09 Å². The first-order chi connectivity index (χ1) is 10.7. The fourth-order valence-corrected chi connectivity index (χ4v) is 5.65. The van der Waals surface area contributed by atoms with E-state index >= 15 is 0 Å². The van der Waals surface area contributed by atoms with Crippen LogP contribution < -0.4 is 5.32 Å². The Labute approximate surface area is 137 Å². The van der Waals surface area contributed by atoms with Gasteiger partial charge in [0, 0.05) is 10.2 Å². The lowest BCUT2D eigenvalue weighted by atomic mass is 9.79. The Bertz CT molecular complexity index is 636. The molecule has 3 aliphatic carbocycles. The molecule has 3 saturated carbocycles. The predicted octanol–water partition coefficient (Wildman–Crippen LogP) is 3.81. The van der Waals surface area contributed by atoms with Crippen molar-refractivity contribution < 1.29 is 14.3 Å². The molecule has 7 atom stereocenters. The average Bonchev–Trinajstić information content (AvgIpc) is 2.82. The van der Waals surface area contributed by atoms with Crippen molar-refractivity contribution in [3.8, 4) is 0 Å². The van der Waals surface area contributed by atoms with Crippen molar-refractivity contribution in [2.45, 2.75) is 37.6 Å². The lowest BCUT2D eigenvalue weighted by molar-refractivity contribution is 0.0251. The van der Waals surface area contributed by atoms with Crippen molar-refractivity contribution in [3.05, 3.63) is 28.7 Å². The number of nitrogens with one attached hydrogen (secondary N) is 1. The van der Waals surface area contributed by atoms with E-state index in [1.54, 1.807) is 0 Å². The molecule has 1 aromatic carbocycles. The maximum Gasteiger partial charge on any atom is 0.411 e. The van der Waals surface area contributed by atoms with Gasteiger partial charge in [0.25, 0.3) is 0 Å². The first-order valence-corrected chi connectivity index (χ1v) is 8.87. The van der Waals surface area contributed by atoms with Crippen LogP contribution in [0.15, 0.2) is 28.7 Å². The molecular formula is C17H18BrNO3. The van der Waals surface area contributed by atoms with Crippen LogP contribution in [-0.4, -0.2) is 24.4 Å². The van der Waals surface area contributed by atoms with E-state index in [-0.39, 0.29) is 12.2 Å². The van der Waals surface area contributed by atoms with E-state index < -0.39 is 0 Å². The first-order valence-electron chi connectivity index (χ1n) is 8.08. The second kappa shape index (κ2) is 4.71. The fourth-order valence-electron chi connectivity index (χ4n) is 5.25. The second-order valence-electron chi connectivity index (χ2n) is 7.09. The molecule has 1 aromatic rings. The smallest absolute Gasteiger partial charge is 0.411 e. The van der Waals surface area contributed by atoms with Gasteiger partial charge in [-0.3, -0.25) is 5.32 Å². The van der Waals surface area contributed by atoms with E-state index in [0.29, 0.717) is 24.0 Å². The van der Waals surface area contributed by atoms with Crippen LogP contribution >= 0.6 is 15.9 Å². The van der Waals surface area contributed by atoms with Crippen molar-refractivity contribution in [1.29, 1.82) is 0 Å². The SMILES string of the molecule is O=C(Nc1cccc(Br)c1)O[C@H]1C[C@@H]2C[C@@H]1[C@H]1C[C@H]3O[C@@H]3[C@H]21. The van der Waals surface area contributed by atoms with Crippen LogP contribution in [0.2, 0.25) is 0 Å². The van der Waals surface area contributed by atoms with Crippen LogP contribution in [0.3, 0.4) is 0 Å². The van der Waals surface area contributed by atoms with Gasteiger partial charge in [-0.15, -0.1) is 0 Å². The molecule has 22 heavy (non-hydrogen) atoms. The van der Waals surface area contributed by atoms with E-state index in [1.165, 1.54) is 12.8 Å². The Morgan fingerprint density at radius 1 is 1.27 bits per heavy atom. The summed E-state index contributed by atoms with van der Waals surface area (Å²) < 4.78 is 12.4. The summed E-state index contributed by atoms with van der Waals surface area (Å²) in [6, 6.07) is 7.57. The largest absolute Gasteiger partial charge is 0.446 e. The molecule has 1 heterocycles. The van der Waals surface area contributed by atoms with E-state index in [9.17, 15) is 4.79 Å². The molecule has 0 unspecified atom stereocenters. The maximum atomic E-state index is 12.1. The molecule has 1 saturated heterocycles. The number of carbonyl (C=O) groups excluding carboxylic acids is 1. The van der Waals surface area contributed by atoms with Gasteiger partial charge in [-0.2, -0.15) is 0 Å². The highest BCUT2D eigenvalue weighted by Gasteiger charge is 2.67. The zero-order chi connectivity index (χ0) is 14.8. The monoisotopic (exact) mass is 363 g/mol. The summed E-state index contributed by atoms with van der Waals surface area (Å²) in [6.45, 7) is 0. The number of rotatable bonds is 2. The molecular weight excluding hydrogens is 346 g/mol. The normalized spacial score (nSPS) is 43.6. The number of carbonyl (C=O) groups is 1. The van der Waals surface area contributed by atoms with Crippen LogP contribution in [0.5, 0.6) is 0 Å². The molecule has 116 valence electrons. The van der Waals surface area contributed by atoms with Gasteiger partial charge in [0.1, 0.15) is 6.10 Å². The third kappa shape index (κ3) is 2.02. The van der Waals surface area contributed by atoms with Gasteiger partial charge < -0.3 is 9.47 Å². The maximum absolute atomic E-state index is 12.1. The first kappa shape index (κ1) is 13.4. The van der Waals surface area contributed by atoms with Gasteiger partial charge in [-0.25, -0.2) is 4.79 Å². The number of amides is 1. The molecule has 0 aromatic heterocycles. The fraction of sp³-hybridized carbons (Fsp3) is 0.588. The molecule has 1 amide bonds. The highest BCUT2D eigenvalue weighted by atomic mass is 79.9. The molecule has 5 rings (SSSR count). The van der Waals surface area contributed by atoms with Crippen molar-refractivity contribution >= 4 is 27.7 Å². The van der Waals surface area contributed by atoms with Gasteiger partial charge in [0.15, 0.2) is 0 Å². The zero-order valence-electron chi connectivity index (χ0n) is 12.1.